The van der Waals surface area contributed by atoms with Crippen LogP contribution in [0.1, 0.15) is 16.1 Å². The van der Waals surface area contributed by atoms with Gasteiger partial charge in [-0.15, -0.1) is 0 Å². The number of carbonyl (C=O) groups excluding carboxylic acids is 1. The van der Waals surface area contributed by atoms with Crippen LogP contribution in [0.4, 0.5) is 0 Å². The largest absolute Gasteiger partial charge is 0.491 e. The summed E-state index contributed by atoms with van der Waals surface area (Å²) in [5.74, 6) is 0.573. The number of nitrogens with zero attached hydrogens (tertiary/aromatic N) is 2. The van der Waals surface area contributed by atoms with E-state index in [1.54, 1.807) is 38.3 Å². The topological polar surface area (TPSA) is 79.8 Å². The van der Waals surface area contributed by atoms with Crippen LogP contribution in [0.5, 0.6) is 17.4 Å². The third-order valence-corrected chi connectivity index (χ3v) is 3.18. The van der Waals surface area contributed by atoms with Crippen molar-refractivity contribution in [1.29, 1.82) is 0 Å². The van der Waals surface area contributed by atoms with Crippen molar-refractivity contribution in [3.63, 3.8) is 0 Å². The summed E-state index contributed by atoms with van der Waals surface area (Å²) < 4.78 is 20.8. The number of carbonyl (C=O) groups is 1. The maximum atomic E-state index is 11.9. The SMILES string of the molecule is COCCOc1ccc(Oc2nc(Cl)nc(C)c2C(=O)OC)cc1. The summed E-state index contributed by atoms with van der Waals surface area (Å²) in [4.78, 5) is 19.8. The molecule has 8 heteroatoms. The lowest BCUT2D eigenvalue weighted by Gasteiger charge is -2.11. The highest BCUT2D eigenvalue weighted by Crippen LogP contribution is 2.28. The van der Waals surface area contributed by atoms with Crippen LogP contribution in [0.15, 0.2) is 24.3 Å². The molecule has 1 heterocycles. The first-order chi connectivity index (χ1) is 11.5. The molecule has 0 aliphatic rings. The van der Waals surface area contributed by atoms with Gasteiger partial charge in [-0.1, -0.05) is 0 Å². The highest BCUT2D eigenvalue weighted by atomic mass is 35.5. The number of hydrogen-bond acceptors (Lipinski definition) is 7. The van der Waals surface area contributed by atoms with Crippen LogP contribution >= 0.6 is 11.6 Å². The number of benzene rings is 1. The van der Waals surface area contributed by atoms with Gasteiger partial charge in [-0.3, -0.25) is 0 Å². The first kappa shape index (κ1) is 18.0. The van der Waals surface area contributed by atoms with E-state index < -0.39 is 5.97 Å². The summed E-state index contributed by atoms with van der Waals surface area (Å²) >= 11 is 5.85. The van der Waals surface area contributed by atoms with Gasteiger partial charge in [0.15, 0.2) is 0 Å². The van der Waals surface area contributed by atoms with Gasteiger partial charge in [0, 0.05) is 7.11 Å². The fourth-order valence-corrected chi connectivity index (χ4v) is 2.09. The van der Waals surface area contributed by atoms with Gasteiger partial charge in [-0.2, -0.15) is 4.98 Å². The number of rotatable bonds is 7. The summed E-state index contributed by atoms with van der Waals surface area (Å²) in [6.45, 7) is 2.57. The van der Waals surface area contributed by atoms with Gasteiger partial charge in [-0.05, 0) is 42.8 Å². The first-order valence-corrected chi connectivity index (χ1v) is 7.45. The normalized spacial score (nSPS) is 10.3. The number of aromatic nitrogens is 2. The van der Waals surface area contributed by atoms with E-state index in [1.807, 2.05) is 0 Å². The van der Waals surface area contributed by atoms with Crippen LogP contribution in [0, 0.1) is 6.92 Å². The summed E-state index contributed by atoms with van der Waals surface area (Å²) in [7, 11) is 2.88. The molecule has 0 radical (unpaired) electrons. The number of methoxy groups -OCH3 is 2. The second-order valence-electron chi connectivity index (χ2n) is 4.66. The van der Waals surface area contributed by atoms with E-state index in [0.717, 1.165) is 0 Å². The maximum absolute atomic E-state index is 11.9. The molecule has 1 aromatic heterocycles. The third-order valence-electron chi connectivity index (χ3n) is 3.01. The van der Waals surface area contributed by atoms with Gasteiger partial charge >= 0.3 is 5.97 Å². The summed E-state index contributed by atoms with van der Waals surface area (Å²) in [5, 5.41) is -0.0188. The van der Waals surface area contributed by atoms with Crippen molar-refractivity contribution in [2.24, 2.45) is 0 Å². The number of halogens is 1. The number of aryl methyl sites for hydroxylation is 1. The van der Waals surface area contributed by atoms with Crippen molar-refractivity contribution in [3.05, 3.63) is 40.8 Å². The summed E-state index contributed by atoms with van der Waals surface area (Å²) in [6.07, 6.45) is 0. The fraction of sp³-hybridized carbons (Fsp3) is 0.312. The molecule has 24 heavy (non-hydrogen) atoms. The lowest BCUT2D eigenvalue weighted by Crippen LogP contribution is -2.09. The Labute approximate surface area is 144 Å². The van der Waals surface area contributed by atoms with Crippen molar-refractivity contribution in [2.45, 2.75) is 6.92 Å². The second kappa shape index (κ2) is 8.47. The number of ether oxygens (including phenoxy) is 4. The Morgan fingerprint density at radius 1 is 1.08 bits per heavy atom. The van der Waals surface area contributed by atoms with E-state index in [-0.39, 0.29) is 16.7 Å². The molecule has 0 N–H and O–H groups in total. The Hall–Kier alpha value is -2.38. The average Bonchev–Trinajstić information content (AvgIpc) is 2.55. The van der Waals surface area contributed by atoms with Crippen LogP contribution in [-0.4, -0.2) is 43.4 Å². The van der Waals surface area contributed by atoms with Gasteiger partial charge in [0.25, 0.3) is 0 Å². The highest BCUT2D eigenvalue weighted by Gasteiger charge is 2.21. The Bertz CT molecular complexity index is 706. The molecule has 0 aliphatic carbocycles. The van der Waals surface area contributed by atoms with E-state index in [1.165, 1.54) is 7.11 Å². The van der Waals surface area contributed by atoms with Crippen molar-refractivity contribution < 1.29 is 23.7 Å². The summed E-state index contributed by atoms with van der Waals surface area (Å²) in [5.41, 5.74) is 0.499. The molecule has 0 spiro atoms. The third kappa shape index (κ3) is 4.56. The standard InChI is InChI=1S/C16H17ClN2O5/c1-10-13(15(20)22-3)14(19-16(17)18-10)24-12-6-4-11(5-7-12)23-9-8-21-2/h4-7H,8-9H2,1-3H3. The maximum Gasteiger partial charge on any atom is 0.345 e. The minimum atomic E-state index is -0.598. The van der Waals surface area contributed by atoms with Crippen LogP contribution in [0.25, 0.3) is 0 Å². The minimum absolute atomic E-state index is 0.0188. The molecule has 2 rings (SSSR count). The molecule has 128 valence electrons. The van der Waals surface area contributed by atoms with Crippen LogP contribution in [0.3, 0.4) is 0 Å². The van der Waals surface area contributed by atoms with E-state index in [9.17, 15) is 4.79 Å². The Morgan fingerprint density at radius 3 is 2.38 bits per heavy atom. The van der Waals surface area contributed by atoms with Crippen molar-refractivity contribution in [1.82, 2.24) is 9.97 Å². The predicted molar refractivity (Wildman–Crippen MR) is 87.0 cm³/mol. The molecule has 0 aliphatic heterocycles. The van der Waals surface area contributed by atoms with Gasteiger partial charge in [0.05, 0.1) is 19.4 Å². The lowest BCUT2D eigenvalue weighted by molar-refractivity contribution is 0.0595. The number of esters is 1. The zero-order chi connectivity index (χ0) is 17.5. The van der Waals surface area contributed by atoms with E-state index in [2.05, 4.69) is 9.97 Å². The number of hydrogen-bond donors (Lipinski definition) is 0. The molecular formula is C16H17ClN2O5. The van der Waals surface area contributed by atoms with Crippen LogP contribution < -0.4 is 9.47 Å². The van der Waals surface area contributed by atoms with E-state index in [4.69, 9.17) is 30.5 Å². The molecule has 0 atom stereocenters. The zero-order valence-corrected chi connectivity index (χ0v) is 14.3. The summed E-state index contributed by atoms with van der Waals surface area (Å²) in [6, 6.07) is 6.85. The molecule has 0 amide bonds. The van der Waals surface area contributed by atoms with E-state index in [0.29, 0.717) is 30.4 Å². The predicted octanol–water partition coefficient (Wildman–Crippen LogP) is 3.04. The molecular weight excluding hydrogens is 336 g/mol. The molecule has 7 nitrogen and oxygen atoms in total. The van der Waals surface area contributed by atoms with Crippen molar-refractivity contribution in [2.75, 3.05) is 27.4 Å². The molecule has 0 bridgehead atoms. The Balaban J connectivity index is 2.20. The average molecular weight is 353 g/mol. The van der Waals surface area contributed by atoms with Crippen LogP contribution in [0.2, 0.25) is 5.28 Å². The van der Waals surface area contributed by atoms with Gasteiger partial charge in [0.2, 0.25) is 11.2 Å². The van der Waals surface area contributed by atoms with E-state index >= 15 is 0 Å². The van der Waals surface area contributed by atoms with Gasteiger partial charge in [0.1, 0.15) is 23.7 Å². The molecule has 0 saturated carbocycles. The molecule has 2 aromatic rings. The quantitative estimate of drug-likeness (QED) is 0.430. The second-order valence-corrected chi connectivity index (χ2v) is 5.00. The minimum Gasteiger partial charge on any atom is -0.491 e. The first-order valence-electron chi connectivity index (χ1n) is 7.07. The Morgan fingerprint density at radius 2 is 1.75 bits per heavy atom. The van der Waals surface area contributed by atoms with Gasteiger partial charge < -0.3 is 18.9 Å². The zero-order valence-electron chi connectivity index (χ0n) is 13.5. The highest BCUT2D eigenvalue weighted by molar-refractivity contribution is 6.28. The van der Waals surface area contributed by atoms with Crippen molar-refractivity contribution >= 4 is 17.6 Å². The molecule has 1 aromatic carbocycles. The Kier molecular flexibility index (Phi) is 6.34. The van der Waals surface area contributed by atoms with Crippen molar-refractivity contribution in [3.8, 4) is 17.4 Å². The lowest BCUT2D eigenvalue weighted by atomic mass is 10.2. The smallest absolute Gasteiger partial charge is 0.345 e. The monoisotopic (exact) mass is 352 g/mol. The van der Waals surface area contributed by atoms with Gasteiger partial charge in [-0.25, -0.2) is 9.78 Å². The van der Waals surface area contributed by atoms with Crippen LogP contribution in [-0.2, 0) is 9.47 Å². The molecule has 0 fully saturated rings. The molecule has 0 unspecified atom stereocenters. The fourth-order valence-electron chi connectivity index (χ4n) is 1.88. The molecule has 0 saturated heterocycles.